The van der Waals surface area contributed by atoms with Crippen LogP contribution in [0.25, 0.3) is 0 Å². The molecule has 1 saturated carbocycles. The molecule has 94 valence electrons. The third-order valence-electron chi connectivity index (χ3n) is 3.56. The van der Waals surface area contributed by atoms with E-state index in [-0.39, 0.29) is 0 Å². The smallest absolute Gasteiger partial charge is 0.0593 e. The van der Waals surface area contributed by atoms with Crippen molar-refractivity contribution >= 4 is 0 Å². The Hall–Kier alpha value is -0.120. The SMILES string of the molecule is CCCNC1CCN(CCOCC2CC2)C1. The molecule has 2 rings (SSSR count). The number of likely N-dealkylation sites (tertiary alicyclic amines) is 1. The molecule has 1 aliphatic carbocycles. The molecule has 0 aromatic rings. The van der Waals surface area contributed by atoms with Crippen molar-refractivity contribution in [2.45, 2.75) is 38.6 Å². The van der Waals surface area contributed by atoms with Crippen LogP contribution in [0.4, 0.5) is 0 Å². The van der Waals surface area contributed by atoms with Crippen LogP contribution in [0.1, 0.15) is 32.6 Å². The quantitative estimate of drug-likeness (QED) is 0.635. The fourth-order valence-corrected chi connectivity index (χ4v) is 2.28. The van der Waals surface area contributed by atoms with Crippen LogP contribution in [0.2, 0.25) is 0 Å². The zero-order valence-electron chi connectivity index (χ0n) is 10.6. The molecule has 2 aliphatic rings. The number of ether oxygens (including phenoxy) is 1. The predicted octanol–water partition coefficient (Wildman–Crippen LogP) is 1.49. The molecule has 0 amide bonds. The molecule has 1 atom stereocenters. The summed E-state index contributed by atoms with van der Waals surface area (Å²) in [4.78, 5) is 2.53. The van der Waals surface area contributed by atoms with Crippen molar-refractivity contribution in [3.8, 4) is 0 Å². The molecule has 1 heterocycles. The molecule has 1 N–H and O–H groups in total. The largest absolute Gasteiger partial charge is 0.380 e. The van der Waals surface area contributed by atoms with Gasteiger partial charge < -0.3 is 10.1 Å². The average Bonchev–Trinajstić information content (AvgIpc) is 3.01. The van der Waals surface area contributed by atoms with E-state index in [0.29, 0.717) is 0 Å². The van der Waals surface area contributed by atoms with Crippen molar-refractivity contribution in [3.05, 3.63) is 0 Å². The number of rotatable bonds is 8. The van der Waals surface area contributed by atoms with Gasteiger partial charge >= 0.3 is 0 Å². The van der Waals surface area contributed by atoms with Crippen molar-refractivity contribution in [2.24, 2.45) is 5.92 Å². The summed E-state index contributed by atoms with van der Waals surface area (Å²) < 4.78 is 5.67. The summed E-state index contributed by atoms with van der Waals surface area (Å²) in [5.41, 5.74) is 0. The number of nitrogens with zero attached hydrogens (tertiary/aromatic N) is 1. The number of hydrogen-bond acceptors (Lipinski definition) is 3. The first-order valence-corrected chi connectivity index (χ1v) is 6.92. The van der Waals surface area contributed by atoms with E-state index in [4.69, 9.17) is 4.74 Å². The van der Waals surface area contributed by atoms with E-state index in [0.717, 1.165) is 38.3 Å². The van der Waals surface area contributed by atoms with Gasteiger partial charge in [0.15, 0.2) is 0 Å². The molecule has 3 heteroatoms. The minimum atomic E-state index is 0.725. The highest BCUT2D eigenvalue weighted by Crippen LogP contribution is 2.28. The zero-order valence-corrected chi connectivity index (χ0v) is 10.6. The van der Waals surface area contributed by atoms with Gasteiger partial charge in [0.25, 0.3) is 0 Å². The highest BCUT2D eigenvalue weighted by Gasteiger charge is 2.23. The summed E-state index contributed by atoms with van der Waals surface area (Å²) in [5.74, 6) is 0.901. The third kappa shape index (κ3) is 4.40. The highest BCUT2D eigenvalue weighted by atomic mass is 16.5. The fraction of sp³-hybridized carbons (Fsp3) is 1.00. The van der Waals surface area contributed by atoms with E-state index in [1.807, 2.05) is 0 Å². The van der Waals surface area contributed by atoms with Crippen molar-refractivity contribution in [1.82, 2.24) is 10.2 Å². The Kier molecular flexibility index (Phi) is 5.07. The van der Waals surface area contributed by atoms with Gasteiger partial charge in [-0.25, -0.2) is 0 Å². The average molecular weight is 226 g/mol. The van der Waals surface area contributed by atoms with Crippen LogP contribution in [0, 0.1) is 5.92 Å². The maximum Gasteiger partial charge on any atom is 0.0593 e. The van der Waals surface area contributed by atoms with Gasteiger partial charge in [0, 0.05) is 25.7 Å². The second kappa shape index (κ2) is 6.58. The summed E-state index contributed by atoms with van der Waals surface area (Å²) >= 11 is 0. The van der Waals surface area contributed by atoms with E-state index >= 15 is 0 Å². The third-order valence-corrected chi connectivity index (χ3v) is 3.56. The maximum atomic E-state index is 5.67. The lowest BCUT2D eigenvalue weighted by molar-refractivity contribution is 0.102. The normalized spacial score (nSPS) is 26.4. The Bertz CT molecular complexity index is 194. The van der Waals surface area contributed by atoms with Crippen LogP contribution < -0.4 is 5.32 Å². The first-order chi connectivity index (χ1) is 7.88. The molecule has 1 saturated heterocycles. The second-order valence-corrected chi connectivity index (χ2v) is 5.26. The maximum absolute atomic E-state index is 5.67. The predicted molar refractivity (Wildman–Crippen MR) is 66.7 cm³/mol. The lowest BCUT2D eigenvalue weighted by atomic mass is 10.2. The van der Waals surface area contributed by atoms with Crippen LogP contribution >= 0.6 is 0 Å². The van der Waals surface area contributed by atoms with Crippen molar-refractivity contribution < 1.29 is 4.74 Å². The molecule has 16 heavy (non-hydrogen) atoms. The molecule has 0 bridgehead atoms. The lowest BCUT2D eigenvalue weighted by Crippen LogP contribution is -2.34. The first kappa shape index (κ1) is 12.3. The number of hydrogen-bond donors (Lipinski definition) is 1. The van der Waals surface area contributed by atoms with Gasteiger partial charge in [-0.3, -0.25) is 4.90 Å². The Labute approximate surface area is 99.5 Å². The van der Waals surface area contributed by atoms with Crippen LogP contribution in [-0.2, 0) is 4.74 Å². The Balaban J connectivity index is 1.47. The Morgan fingerprint density at radius 1 is 1.31 bits per heavy atom. The molecular weight excluding hydrogens is 200 g/mol. The standard InChI is InChI=1S/C13H26N2O/c1-2-6-14-13-5-7-15(10-13)8-9-16-11-12-3-4-12/h12-14H,2-11H2,1H3. The molecule has 2 fully saturated rings. The summed E-state index contributed by atoms with van der Waals surface area (Å²) in [6.07, 6.45) is 5.34. The summed E-state index contributed by atoms with van der Waals surface area (Å²) in [6, 6.07) is 0.725. The van der Waals surface area contributed by atoms with Crippen LogP contribution in [0.15, 0.2) is 0 Å². The van der Waals surface area contributed by atoms with Gasteiger partial charge in [0.1, 0.15) is 0 Å². The van der Waals surface area contributed by atoms with Crippen LogP contribution in [0.5, 0.6) is 0 Å². The van der Waals surface area contributed by atoms with Gasteiger partial charge in [-0.05, 0) is 44.7 Å². The molecule has 3 nitrogen and oxygen atoms in total. The van der Waals surface area contributed by atoms with E-state index in [1.165, 1.54) is 38.8 Å². The Morgan fingerprint density at radius 3 is 2.94 bits per heavy atom. The summed E-state index contributed by atoms with van der Waals surface area (Å²) in [5, 5.41) is 3.60. The molecular formula is C13H26N2O. The van der Waals surface area contributed by atoms with Crippen molar-refractivity contribution in [3.63, 3.8) is 0 Å². The van der Waals surface area contributed by atoms with Crippen LogP contribution in [0.3, 0.4) is 0 Å². The van der Waals surface area contributed by atoms with E-state index in [2.05, 4.69) is 17.1 Å². The van der Waals surface area contributed by atoms with Crippen molar-refractivity contribution in [2.75, 3.05) is 39.4 Å². The first-order valence-electron chi connectivity index (χ1n) is 6.92. The molecule has 0 spiro atoms. The second-order valence-electron chi connectivity index (χ2n) is 5.26. The van der Waals surface area contributed by atoms with E-state index < -0.39 is 0 Å². The molecule has 1 unspecified atom stereocenters. The van der Waals surface area contributed by atoms with Gasteiger partial charge in [-0.15, -0.1) is 0 Å². The van der Waals surface area contributed by atoms with Gasteiger partial charge in [-0.2, -0.15) is 0 Å². The summed E-state index contributed by atoms with van der Waals surface area (Å²) in [7, 11) is 0. The molecule has 1 aliphatic heterocycles. The topological polar surface area (TPSA) is 24.5 Å². The summed E-state index contributed by atoms with van der Waals surface area (Å²) in [6.45, 7) is 8.91. The van der Waals surface area contributed by atoms with Crippen molar-refractivity contribution in [1.29, 1.82) is 0 Å². The molecule has 0 aromatic carbocycles. The minimum absolute atomic E-state index is 0.725. The van der Waals surface area contributed by atoms with Crippen LogP contribution in [-0.4, -0.2) is 50.3 Å². The zero-order chi connectivity index (χ0) is 11.2. The van der Waals surface area contributed by atoms with Gasteiger partial charge in [-0.1, -0.05) is 6.92 Å². The lowest BCUT2D eigenvalue weighted by Gasteiger charge is -2.16. The van der Waals surface area contributed by atoms with Gasteiger partial charge in [0.05, 0.1) is 6.61 Å². The minimum Gasteiger partial charge on any atom is -0.380 e. The van der Waals surface area contributed by atoms with Gasteiger partial charge in [0.2, 0.25) is 0 Å². The number of nitrogens with one attached hydrogen (secondary N) is 1. The highest BCUT2D eigenvalue weighted by molar-refractivity contribution is 4.80. The Morgan fingerprint density at radius 2 is 2.19 bits per heavy atom. The fourth-order valence-electron chi connectivity index (χ4n) is 2.28. The monoisotopic (exact) mass is 226 g/mol. The molecule has 0 aromatic heterocycles. The van der Waals surface area contributed by atoms with E-state index in [1.54, 1.807) is 0 Å². The molecule has 0 radical (unpaired) electrons. The van der Waals surface area contributed by atoms with E-state index in [9.17, 15) is 0 Å².